The summed E-state index contributed by atoms with van der Waals surface area (Å²) in [4.78, 5) is 0.197. The maximum absolute atomic E-state index is 12.6. The quantitative estimate of drug-likeness (QED) is 0.854. The Bertz CT molecular complexity index is 541. The number of hydrogen-bond acceptors (Lipinski definition) is 3. The fourth-order valence-corrected chi connectivity index (χ4v) is 4.13. The lowest BCUT2D eigenvalue weighted by atomic mass is 10.2. The molecule has 0 unspecified atom stereocenters. The van der Waals surface area contributed by atoms with Crippen molar-refractivity contribution in [2.45, 2.75) is 37.5 Å². The van der Waals surface area contributed by atoms with Gasteiger partial charge in [0.05, 0.1) is 4.90 Å². The Kier molecular flexibility index (Phi) is 4.38. The Morgan fingerprint density at radius 2 is 1.74 bits per heavy atom. The summed E-state index contributed by atoms with van der Waals surface area (Å²) in [5, 5.41) is 0.397. The molecule has 1 aliphatic rings. The summed E-state index contributed by atoms with van der Waals surface area (Å²) in [6.45, 7) is 2.93. The molecule has 106 valence electrons. The lowest BCUT2D eigenvalue weighted by Gasteiger charge is -2.20. The van der Waals surface area contributed by atoms with Gasteiger partial charge in [-0.15, -0.1) is 0 Å². The molecule has 0 bridgehead atoms. The molecule has 1 saturated heterocycles. The van der Waals surface area contributed by atoms with Crippen molar-refractivity contribution in [1.29, 1.82) is 0 Å². The van der Waals surface area contributed by atoms with Gasteiger partial charge in [-0.3, -0.25) is 0 Å². The first-order valence-electron chi connectivity index (χ1n) is 6.48. The van der Waals surface area contributed by atoms with Crippen LogP contribution in [-0.2, 0) is 10.0 Å². The zero-order valence-electron chi connectivity index (χ0n) is 11.0. The van der Waals surface area contributed by atoms with Crippen molar-refractivity contribution in [2.24, 2.45) is 0 Å². The van der Waals surface area contributed by atoms with Crippen molar-refractivity contribution in [3.63, 3.8) is 0 Å². The van der Waals surface area contributed by atoms with Crippen molar-refractivity contribution >= 4 is 27.3 Å². The van der Waals surface area contributed by atoms with E-state index >= 15 is 0 Å². The van der Waals surface area contributed by atoms with Gasteiger partial charge in [0.25, 0.3) is 0 Å². The number of nitrogen functional groups attached to an aromatic ring is 1. The van der Waals surface area contributed by atoms with E-state index < -0.39 is 10.0 Å². The van der Waals surface area contributed by atoms with E-state index in [0.29, 0.717) is 23.8 Å². The summed E-state index contributed by atoms with van der Waals surface area (Å²) >= 11 is 6.03. The van der Waals surface area contributed by atoms with Crippen molar-refractivity contribution in [3.8, 4) is 0 Å². The first-order valence-corrected chi connectivity index (χ1v) is 8.30. The SMILES string of the molecule is Cc1c(N)cc(S(=O)(=O)N2CCCCCC2)cc1Cl. The minimum Gasteiger partial charge on any atom is -0.398 e. The average Bonchev–Trinajstić information content (AvgIpc) is 2.64. The molecule has 0 radical (unpaired) electrons. The molecule has 6 heteroatoms. The first-order chi connectivity index (χ1) is 8.93. The van der Waals surface area contributed by atoms with Gasteiger partial charge in [0.15, 0.2) is 0 Å². The Balaban J connectivity index is 2.38. The van der Waals surface area contributed by atoms with E-state index in [1.807, 2.05) is 0 Å². The predicted molar refractivity (Wildman–Crippen MR) is 77.8 cm³/mol. The highest BCUT2D eigenvalue weighted by Crippen LogP contribution is 2.28. The maximum Gasteiger partial charge on any atom is 0.243 e. The number of benzene rings is 1. The smallest absolute Gasteiger partial charge is 0.243 e. The van der Waals surface area contributed by atoms with Gasteiger partial charge in [-0.2, -0.15) is 4.31 Å². The molecule has 2 N–H and O–H groups in total. The molecule has 19 heavy (non-hydrogen) atoms. The Hall–Kier alpha value is -0.780. The van der Waals surface area contributed by atoms with Crippen LogP contribution in [0.1, 0.15) is 31.2 Å². The van der Waals surface area contributed by atoms with Crippen LogP contribution < -0.4 is 5.73 Å². The summed E-state index contributed by atoms with van der Waals surface area (Å²) in [6, 6.07) is 2.99. The second-order valence-electron chi connectivity index (χ2n) is 4.94. The zero-order chi connectivity index (χ0) is 14.0. The average molecular weight is 303 g/mol. The van der Waals surface area contributed by atoms with E-state index in [9.17, 15) is 8.42 Å². The van der Waals surface area contributed by atoms with Crippen molar-refractivity contribution < 1.29 is 8.42 Å². The summed E-state index contributed by atoms with van der Waals surface area (Å²) in [7, 11) is -3.48. The number of nitrogens with two attached hydrogens (primary N) is 1. The minimum absolute atomic E-state index is 0.197. The van der Waals surface area contributed by atoms with Crippen LogP contribution in [0.4, 0.5) is 5.69 Å². The van der Waals surface area contributed by atoms with Gasteiger partial charge in [0.2, 0.25) is 10.0 Å². The predicted octanol–water partition coefficient (Wildman–Crippen LogP) is 2.80. The zero-order valence-corrected chi connectivity index (χ0v) is 12.6. The number of nitrogens with zero attached hydrogens (tertiary/aromatic N) is 1. The van der Waals surface area contributed by atoms with Crippen LogP contribution in [0.25, 0.3) is 0 Å². The van der Waals surface area contributed by atoms with Crippen LogP contribution in [0.3, 0.4) is 0 Å². The molecular weight excluding hydrogens is 284 g/mol. The molecule has 1 heterocycles. The van der Waals surface area contributed by atoms with Crippen LogP contribution in [-0.4, -0.2) is 25.8 Å². The normalized spacial score (nSPS) is 18.2. The Labute approximate surface area is 119 Å². The summed E-state index contributed by atoms with van der Waals surface area (Å²) in [5.74, 6) is 0. The third-order valence-electron chi connectivity index (χ3n) is 3.56. The number of hydrogen-bond donors (Lipinski definition) is 1. The second-order valence-corrected chi connectivity index (χ2v) is 7.28. The van der Waals surface area contributed by atoms with Crippen LogP contribution in [0.5, 0.6) is 0 Å². The van der Waals surface area contributed by atoms with Crippen molar-refractivity contribution in [3.05, 3.63) is 22.7 Å². The van der Waals surface area contributed by atoms with Crippen LogP contribution >= 0.6 is 11.6 Å². The fraction of sp³-hybridized carbons (Fsp3) is 0.538. The van der Waals surface area contributed by atoms with Gasteiger partial charge in [-0.25, -0.2) is 8.42 Å². The fourth-order valence-electron chi connectivity index (χ4n) is 2.25. The lowest BCUT2D eigenvalue weighted by molar-refractivity contribution is 0.424. The highest BCUT2D eigenvalue weighted by Gasteiger charge is 2.26. The highest BCUT2D eigenvalue weighted by atomic mass is 35.5. The summed E-state index contributed by atoms with van der Waals surface area (Å²) in [5.41, 5.74) is 6.95. The third kappa shape index (κ3) is 3.04. The molecule has 1 aromatic carbocycles. The molecule has 0 aliphatic carbocycles. The van der Waals surface area contributed by atoms with E-state index in [1.54, 1.807) is 11.2 Å². The van der Waals surface area contributed by atoms with Gasteiger partial charge in [-0.05, 0) is 37.5 Å². The molecule has 4 nitrogen and oxygen atoms in total. The number of sulfonamides is 1. The Morgan fingerprint density at radius 1 is 1.16 bits per heavy atom. The third-order valence-corrected chi connectivity index (χ3v) is 5.83. The van der Waals surface area contributed by atoms with E-state index in [0.717, 1.165) is 31.2 Å². The van der Waals surface area contributed by atoms with E-state index in [2.05, 4.69) is 0 Å². The molecule has 1 fully saturated rings. The van der Waals surface area contributed by atoms with E-state index in [4.69, 9.17) is 17.3 Å². The summed E-state index contributed by atoms with van der Waals surface area (Å²) < 4.78 is 26.7. The molecule has 1 aromatic rings. The van der Waals surface area contributed by atoms with Gasteiger partial charge >= 0.3 is 0 Å². The standard InChI is InChI=1S/C13H19ClN2O2S/c1-10-12(14)8-11(9-13(10)15)19(17,18)16-6-4-2-3-5-7-16/h8-9H,2-7,15H2,1H3. The molecule has 0 amide bonds. The lowest BCUT2D eigenvalue weighted by Crippen LogP contribution is -2.32. The number of rotatable bonds is 2. The molecule has 1 aliphatic heterocycles. The maximum atomic E-state index is 12.6. The largest absolute Gasteiger partial charge is 0.398 e. The molecule has 0 saturated carbocycles. The van der Waals surface area contributed by atoms with E-state index in [1.165, 1.54) is 12.1 Å². The van der Waals surface area contributed by atoms with Crippen molar-refractivity contribution in [1.82, 2.24) is 4.31 Å². The molecule has 0 aromatic heterocycles. The second kappa shape index (κ2) is 5.69. The molecule has 0 atom stereocenters. The molecule has 0 spiro atoms. The topological polar surface area (TPSA) is 63.4 Å². The van der Waals surface area contributed by atoms with Crippen LogP contribution in [0, 0.1) is 6.92 Å². The van der Waals surface area contributed by atoms with Gasteiger partial charge in [0, 0.05) is 23.8 Å². The van der Waals surface area contributed by atoms with Gasteiger partial charge < -0.3 is 5.73 Å². The summed E-state index contributed by atoms with van der Waals surface area (Å²) in [6.07, 6.45) is 3.99. The number of anilines is 1. The monoisotopic (exact) mass is 302 g/mol. The van der Waals surface area contributed by atoms with Gasteiger partial charge in [-0.1, -0.05) is 24.4 Å². The molecular formula is C13H19ClN2O2S. The number of halogens is 1. The highest BCUT2D eigenvalue weighted by molar-refractivity contribution is 7.89. The van der Waals surface area contributed by atoms with Crippen molar-refractivity contribution in [2.75, 3.05) is 18.8 Å². The van der Waals surface area contributed by atoms with Crippen LogP contribution in [0.2, 0.25) is 5.02 Å². The first kappa shape index (κ1) is 14.6. The van der Waals surface area contributed by atoms with Gasteiger partial charge in [0.1, 0.15) is 0 Å². The minimum atomic E-state index is -3.48. The van der Waals surface area contributed by atoms with E-state index in [-0.39, 0.29) is 4.90 Å². The van der Waals surface area contributed by atoms with Crippen LogP contribution in [0.15, 0.2) is 17.0 Å². The Morgan fingerprint density at radius 3 is 2.26 bits per heavy atom. The molecule has 2 rings (SSSR count).